The van der Waals surface area contributed by atoms with Gasteiger partial charge in [0.1, 0.15) is 5.82 Å². The van der Waals surface area contributed by atoms with E-state index >= 15 is 0 Å². The van der Waals surface area contributed by atoms with Gasteiger partial charge < -0.3 is 15.6 Å². The number of hydrogen-bond acceptors (Lipinski definition) is 3. The Hall–Kier alpha value is -1.39. The van der Waals surface area contributed by atoms with Crippen molar-refractivity contribution in [3.05, 3.63) is 29.6 Å². The third-order valence-electron chi connectivity index (χ3n) is 2.80. The molecular formula is C11H16N4. The fraction of sp³-hybridized carbons (Fsp3) is 0.364. The van der Waals surface area contributed by atoms with Crippen molar-refractivity contribution in [3.63, 3.8) is 0 Å². The molecule has 0 radical (unpaired) electrons. The molecule has 4 heteroatoms. The van der Waals surface area contributed by atoms with Crippen molar-refractivity contribution in [2.45, 2.75) is 13.1 Å². The third-order valence-corrected chi connectivity index (χ3v) is 2.80. The van der Waals surface area contributed by atoms with Gasteiger partial charge in [0.25, 0.3) is 0 Å². The zero-order chi connectivity index (χ0) is 11.0. The number of aryl methyl sites for hydroxylation is 2. The molecule has 3 N–H and O–H groups in total. The van der Waals surface area contributed by atoms with E-state index in [0.717, 1.165) is 22.4 Å². The summed E-state index contributed by atoms with van der Waals surface area (Å²) in [4.78, 5) is 4.47. The summed E-state index contributed by atoms with van der Waals surface area (Å²) in [6.45, 7) is 2.00. The molecule has 2 aromatic rings. The molecule has 0 aliphatic heterocycles. The van der Waals surface area contributed by atoms with Gasteiger partial charge in [0.15, 0.2) is 0 Å². The zero-order valence-electron chi connectivity index (χ0n) is 9.28. The Morgan fingerprint density at radius 2 is 2.20 bits per heavy atom. The van der Waals surface area contributed by atoms with Crippen LogP contribution in [0.4, 0.5) is 0 Å². The van der Waals surface area contributed by atoms with Gasteiger partial charge in [-0.3, -0.25) is 0 Å². The molecule has 0 bridgehead atoms. The van der Waals surface area contributed by atoms with E-state index in [4.69, 9.17) is 5.73 Å². The number of benzene rings is 1. The summed E-state index contributed by atoms with van der Waals surface area (Å²) in [6, 6.07) is 6.12. The van der Waals surface area contributed by atoms with E-state index in [1.165, 1.54) is 0 Å². The maximum Gasteiger partial charge on any atom is 0.106 e. The number of nitrogens with one attached hydrogen (secondary N) is 1. The van der Waals surface area contributed by atoms with Crippen LogP contribution in [0.2, 0.25) is 0 Å². The second-order valence-electron chi connectivity index (χ2n) is 3.73. The van der Waals surface area contributed by atoms with Gasteiger partial charge in [0.05, 0.1) is 17.2 Å². The second kappa shape index (κ2) is 3.64. The van der Waals surface area contributed by atoms with Crippen molar-refractivity contribution >= 4 is 11.0 Å². The molecule has 15 heavy (non-hydrogen) atoms. The maximum absolute atomic E-state index is 5.88. The van der Waals surface area contributed by atoms with E-state index in [2.05, 4.69) is 20.9 Å². The molecule has 1 heterocycles. The van der Waals surface area contributed by atoms with Gasteiger partial charge in [-0.2, -0.15) is 0 Å². The molecule has 80 valence electrons. The van der Waals surface area contributed by atoms with Crippen LogP contribution < -0.4 is 11.1 Å². The van der Waals surface area contributed by atoms with Crippen LogP contribution in [-0.2, 0) is 7.05 Å². The van der Waals surface area contributed by atoms with E-state index in [9.17, 15) is 0 Å². The summed E-state index contributed by atoms with van der Waals surface area (Å²) in [5.74, 6) is 1.01. The summed E-state index contributed by atoms with van der Waals surface area (Å²) in [7, 11) is 3.86. The van der Waals surface area contributed by atoms with Gasteiger partial charge >= 0.3 is 0 Å². The van der Waals surface area contributed by atoms with E-state index in [1.807, 2.05) is 33.2 Å². The topological polar surface area (TPSA) is 55.9 Å². The molecule has 1 atom stereocenters. The number of nitrogens with zero attached hydrogens (tertiary/aromatic N) is 2. The second-order valence-corrected chi connectivity index (χ2v) is 3.73. The highest BCUT2D eigenvalue weighted by atomic mass is 15.1. The Kier molecular flexibility index (Phi) is 2.46. The molecular weight excluding hydrogens is 188 g/mol. The van der Waals surface area contributed by atoms with E-state index in [-0.39, 0.29) is 6.17 Å². The number of imidazole rings is 1. The van der Waals surface area contributed by atoms with Crippen molar-refractivity contribution in [2.75, 3.05) is 7.05 Å². The van der Waals surface area contributed by atoms with E-state index in [0.29, 0.717) is 0 Å². The fourth-order valence-corrected chi connectivity index (χ4v) is 1.70. The normalized spacial score (nSPS) is 13.3. The summed E-state index contributed by atoms with van der Waals surface area (Å²) >= 11 is 0. The quantitative estimate of drug-likeness (QED) is 0.719. The summed E-state index contributed by atoms with van der Waals surface area (Å²) in [6.07, 6.45) is -0.128. The molecule has 0 fully saturated rings. The highest BCUT2D eigenvalue weighted by molar-refractivity contribution is 5.76. The molecule has 4 nitrogen and oxygen atoms in total. The monoisotopic (exact) mass is 204 g/mol. The van der Waals surface area contributed by atoms with Gasteiger partial charge in [-0.05, 0) is 31.7 Å². The number of hydrogen-bond donors (Lipinski definition) is 2. The minimum absolute atomic E-state index is 0.128. The van der Waals surface area contributed by atoms with Gasteiger partial charge in [-0.25, -0.2) is 4.98 Å². The van der Waals surface area contributed by atoms with E-state index < -0.39 is 0 Å². The van der Waals surface area contributed by atoms with Crippen LogP contribution in [0.1, 0.15) is 17.6 Å². The average Bonchev–Trinajstić information content (AvgIpc) is 2.53. The highest BCUT2D eigenvalue weighted by Crippen LogP contribution is 2.18. The van der Waals surface area contributed by atoms with Crippen molar-refractivity contribution in [1.82, 2.24) is 14.9 Å². The van der Waals surface area contributed by atoms with Crippen LogP contribution in [0.5, 0.6) is 0 Å². The molecule has 0 aliphatic rings. The molecule has 2 rings (SSSR count). The Labute approximate surface area is 89.1 Å². The lowest BCUT2D eigenvalue weighted by molar-refractivity contribution is 0.623. The fourth-order valence-electron chi connectivity index (χ4n) is 1.70. The van der Waals surface area contributed by atoms with Gasteiger partial charge in [-0.1, -0.05) is 6.07 Å². The van der Waals surface area contributed by atoms with Gasteiger partial charge in [0, 0.05) is 7.05 Å². The van der Waals surface area contributed by atoms with E-state index in [1.54, 1.807) is 0 Å². The standard InChI is InChI=1S/C11H16N4/c1-7-14-9-6-8(11(12)13-2)4-5-10(9)15(7)3/h4-6,11,13H,12H2,1-3H3. The molecule has 1 unspecified atom stereocenters. The Morgan fingerprint density at radius 1 is 1.47 bits per heavy atom. The van der Waals surface area contributed by atoms with Crippen molar-refractivity contribution < 1.29 is 0 Å². The molecule has 0 amide bonds. The summed E-state index contributed by atoms with van der Waals surface area (Å²) in [5, 5.41) is 3.01. The van der Waals surface area contributed by atoms with Crippen molar-refractivity contribution in [1.29, 1.82) is 0 Å². The van der Waals surface area contributed by atoms with Crippen LogP contribution >= 0.6 is 0 Å². The SMILES string of the molecule is CNC(N)c1ccc2c(c1)nc(C)n2C. The Bertz CT molecular complexity index is 487. The zero-order valence-corrected chi connectivity index (χ0v) is 9.28. The van der Waals surface area contributed by atoms with Crippen molar-refractivity contribution in [2.24, 2.45) is 12.8 Å². The first-order chi connectivity index (χ1) is 7.13. The third kappa shape index (κ3) is 1.62. The van der Waals surface area contributed by atoms with Crippen LogP contribution in [0.15, 0.2) is 18.2 Å². The molecule has 0 aliphatic carbocycles. The molecule has 0 saturated heterocycles. The predicted octanol–water partition coefficient (Wildman–Crippen LogP) is 1.06. The number of fused-ring (bicyclic) bond motifs is 1. The number of rotatable bonds is 2. The molecule has 1 aromatic heterocycles. The smallest absolute Gasteiger partial charge is 0.106 e. The highest BCUT2D eigenvalue weighted by Gasteiger charge is 2.07. The number of nitrogens with two attached hydrogens (primary N) is 1. The average molecular weight is 204 g/mol. The lowest BCUT2D eigenvalue weighted by atomic mass is 10.1. The Morgan fingerprint density at radius 3 is 2.87 bits per heavy atom. The first kappa shape index (κ1) is 10.1. The largest absolute Gasteiger partial charge is 0.331 e. The van der Waals surface area contributed by atoms with Crippen molar-refractivity contribution in [3.8, 4) is 0 Å². The minimum atomic E-state index is -0.128. The van der Waals surface area contributed by atoms with Gasteiger partial charge in [0.2, 0.25) is 0 Å². The lowest BCUT2D eigenvalue weighted by Crippen LogP contribution is -2.24. The number of aromatic nitrogens is 2. The first-order valence-electron chi connectivity index (χ1n) is 4.99. The minimum Gasteiger partial charge on any atom is -0.331 e. The Balaban J connectivity index is 2.57. The maximum atomic E-state index is 5.88. The van der Waals surface area contributed by atoms with Crippen LogP contribution in [0.25, 0.3) is 11.0 Å². The lowest BCUT2D eigenvalue weighted by Gasteiger charge is -2.10. The first-order valence-corrected chi connectivity index (χ1v) is 4.99. The molecule has 1 aromatic carbocycles. The molecule has 0 spiro atoms. The van der Waals surface area contributed by atoms with Crippen LogP contribution in [0.3, 0.4) is 0 Å². The molecule has 0 saturated carbocycles. The van der Waals surface area contributed by atoms with Crippen LogP contribution in [-0.4, -0.2) is 16.6 Å². The summed E-state index contributed by atoms with van der Waals surface area (Å²) in [5.41, 5.74) is 9.08. The van der Waals surface area contributed by atoms with Gasteiger partial charge in [-0.15, -0.1) is 0 Å². The van der Waals surface area contributed by atoms with Crippen LogP contribution in [0, 0.1) is 6.92 Å². The predicted molar refractivity (Wildman–Crippen MR) is 61.4 cm³/mol. The summed E-state index contributed by atoms with van der Waals surface area (Å²) < 4.78 is 2.07.